The maximum atomic E-state index is 14.1. The number of hydrogen-bond acceptors (Lipinski definition) is 6. The van der Waals surface area contributed by atoms with Gasteiger partial charge in [-0.05, 0) is 49.4 Å². The fourth-order valence-corrected chi connectivity index (χ4v) is 5.20. The normalized spacial score (nSPS) is 18.7. The van der Waals surface area contributed by atoms with Crippen LogP contribution < -0.4 is 5.32 Å². The number of aliphatic hydroxyl groups excluding tert-OH is 1. The predicted octanol–water partition coefficient (Wildman–Crippen LogP) is 5.12. The standard InChI is InChI=1S/C25H25FN4OS/c26-21-7-4-8-22-24(21)30-23(32-22)15-19-14-18(13-16-5-2-1-3-6-16)28-25(29-19)27-17-9-11-20(31)12-10-17/h1-8,14,17,20,31H,9-13,15H2,(H,27,28,29). The monoisotopic (exact) mass is 448 g/mol. The highest BCUT2D eigenvalue weighted by molar-refractivity contribution is 7.18. The summed E-state index contributed by atoms with van der Waals surface area (Å²) in [5.41, 5.74) is 3.41. The Morgan fingerprint density at radius 1 is 0.906 bits per heavy atom. The molecule has 0 aliphatic heterocycles. The zero-order valence-electron chi connectivity index (χ0n) is 17.7. The Hall–Kier alpha value is -2.90. The number of rotatable bonds is 6. The number of anilines is 1. The van der Waals surface area contributed by atoms with Crippen molar-refractivity contribution in [3.8, 4) is 0 Å². The number of aromatic nitrogens is 3. The van der Waals surface area contributed by atoms with Gasteiger partial charge in [-0.25, -0.2) is 19.3 Å². The van der Waals surface area contributed by atoms with Crippen molar-refractivity contribution in [3.63, 3.8) is 0 Å². The lowest BCUT2D eigenvalue weighted by atomic mass is 9.93. The van der Waals surface area contributed by atoms with Gasteiger partial charge in [0.2, 0.25) is 5.95 Å². The number of nitrogens with zero attached hydrogens (tertiary/aromatic N) is 3. The molecule has 0 saturated heterocycles. The molecule has 5 nitrogen and oxygen atoms in total. The highest BCUT2D eigenvalue weighted by Crippen LogP contribution is 2.26. The topological polar surface area (TPSA) is 70.9 Å². The summed E-state index contributed by atoms with van der Waals surface area (Å²) in [5, 5.41) is 14.1. The Bertz CT molecular complexity index is 1210. The van der Waals surface area contributed by atoms with E-state index in [1.807, 2.05) is 30.3 Å². The van der Waals surface area contributed by atoms with E-state index in [0.29, 0.717) is 24.3 Å². The van der Waals surface area contributed by atoms with Gasteiger partial charge in [0.25, 0.3) is 0 Å². The molecule has 5 rings (SSSR count). The molecule has 7 heteroatoms. The predicted molar refractivity (Wildman–Crippen MR) is 126 cm³/mol. The van der Waals surface area contributed by atoms with Gasteiger partial charge in [-0.2, -0.15) is 0 Å². The molecular weight excluding hydrogens is 423 g/mol. The number of para-hydroxylation sites is 1. The van der Waals surface area contributed by atoms with Gasteiger partial charge in [0.1, 0.15) is 11.3 Å². The average molecular weight is 449 g/mol. The van der Waals surface area contributed by atoms with Gasteiger partial charge in [-0.3, -0.25) is 0 Å². The van der Waals surface area contributed by atoms with Gasteiger partial charge < -0.3 is 10.4 Å². The zero-order chi connectivity index (χ0) is 21.9. The molecule has 0 atom stereocenters. The molecule has 164 valence electrons. The average Bonchev–Trinajstić information content (AvgIpc) is 3.20. The van der Waals surface area contributed by atoms with Crippen molar-refractivity contribution in [2.45, 2.75) is 50.7 Å². The number of halogens is 1. The minimum atomic E-state index is -0.292. The van der Waals surface area contributed by atoms with Crippen LogP contribution in [0.1, 0.15) is 47.6 Å². The Morgan fingerprint density at radius 2 is 1.66 bits per heavy atom. The zero-order valence-corrected chi connectivity index (χ0v) is 18.5. The van der Waals surface area contributed by atoms with Crippen LogP contribution in [-0.4, -0.2) is 32.2 Å². The van der Waals surface area contributed by atoms with Crippen molar-refractivity contribution in [1.82, 2.24) is 15.0 Å². The summed E-state index contributed by atoms with van der Waals surface area (Å²) in [6, 6.07) is 17.6. The van der Waals surface area contributed by atoms with Gasteiger partial charge in [-0.1, -0.05) is 36.4 Å². The lowest BCUT2D eigenvalue weighted by Crippen LogP contribution is -2.29. The van der Waals surface area contributed by atoms with E-state index in [1.54, 1.807) is 6.07 Å². The summed E-state index contributed by atoms with van der Waals surface area (Å²) in [4.78, 5) is 14.1. The number of thiazole rings is 1. The van der Waals surface area contributed by atoms with Crippen LogP contribution in [0.15, 0.2) is 54.6 Å². The third-order valence-electron chi connectivity index (χ3n) is 5.84. The molecule has 4 aromatic rings. The van der Waals surface area contributed by atoms with E-state index < -0.39 is 0 Å². The molecule has 0 unspecified atom stereocenters. The van der Waals surface area contributed by atoms with Crippen molar-refractivity contribution >= 4 is 27.5 Å². The van der Waals surface area contributed by atoms with Gasteiger partial charge in [0.15, 0.2) is 0 Å². The van der Waals surface area contributed by atoms with E-state index in [2.05, 4.69) is 22.4 Å². The van der Waals surface area contributed by atoms with E-state index in [9.17, 15) is 9.50 Å². The highest BCUT2D eigenvalue weighted by atomic mass is 32.1. The van der Waals surface area contributed by atoms with Crippen LogP contribution in [0.5, 0.6) is 0 Å². The molecule has 0 bridgehead atoms. The first-order valence-corrected chi connectivity index (χ1v) is 11.8. The van der Waals surface area contributed by atoms with Gasteiger partial charge in [0, 0.05) is 18.9 Å². The fourth-order valence-electron chi connectivity index (χ4n) is 4.20. The molecule has 0 amide bonds. The Labute approximate surface area is 190 Å². The minimum Gasteiger partial charge on any atom is -0.393 e. The molecule has 2 heterocycles. The molecular formula is C25H25FN4OS. The molecule has 0 spiro atoms. The molecule has 1 aliphatic carbocycles. The number of hydrogen-bond donors (Lipinski definition) is 2. The van der Waals surface area contributed by atoms with Crippen LogP contribution >= 0.6 is 11.3 Å². The van der Waals surface area contributed by atoms with Gasteiger partial charge >= 0.3 is 0 Å². The second kappa shape index (κ2) is 9.30. The van der Waals surface area contributed by atoms with Crippen molar-refractivity contribution < 1.29 is 9.50 Å². The number of fused-ring (bicyclic) bond motifs is 1. The second-order valence-corrected chi connectivity index (χ2v) is 9.47. The quantitative estimate of drug-likeness (QED) is 0.428. The first-order valence-electron chi connectivity index (χ1n) is 11.0. The summed E-state index contributed by atoms with van der Waals surface area (Å²) >= 11 is 1.50. The van der Waals surface area contributed by atoms with Gasteiger partial charge in [0.05, 0.1) is 27.2 Å². The maximum absolute atomic E-state index is 14.1. The fraction of sp³-hybridized carbons (Fsp3) is 0.320. The van der Waals surface area contributed by atoms with Crippen molar-refractivity contribution in [1.29, 1.82) is 0 Å². The molecule has 32 heavy (non-hydrogen) atoms. The minimum absolute atomic E-state index is 0.201. The molecule has 2 aromatic heterocycles. The van der Waals surface area contributed by atoms with Crippen molar-refractivity contribution in [3.05, 3.63) is 82.4 Å². The number of benzene rings is 2. The van der Waals surface area contributed by atoms with Gasteiger partial charge in [-0.15, -0.1) is 11.3 Å². The van der Waals surface area contributed by atoms with Crippen LogP contribution in [0.3, 0.4) is 0 Å². The Balaban J connectivity index is 1.42. The van der Waals surface area contributed by atoms with E-state index in [-0.39, 0.29) is 18.0 Å². The van der Waals surface area contributed by atoms with E-state index >= 15 is 0 Å². The lowest BCUT2D eigenvalue weighted by Gasteiger charge is -2.26. The molecule has 2 aromatic carbocycles. The smallest absolute Gasteiger partial charge is 0.223 e. The van der Waals surface area contributed by atoms with E-state index in [0.717, 1.165) is 46.8 Å². The SMILES string of the molecule is OC1CCC(Nc2nc(Cc3ccccc3)cc(Cc3nc4c(F)cccc4s3)n2)CC1. The molecule has 1 aliphatic rings. The first-order chi connectivity index (χ1) is 15.6. The Morgan fingerprint density at radius 3 is 2.41 bits per heavy atom. The summed E-state index contributed by atoms with van der Waals surface area (Å²) < 4.78 is 14.9. The highest BCUT2D eigenvalue weighted by Gasteiger charge is 2.20. The van der Waals surface area contributed by atoms with Crippen molar-refractivity contribution in [2.75, 3.05) is 5.32 Å². The Kier molecular flexibility index (Phi) is 6.10. The largest absolute Gasteiger partial charge is 0.393 e. The van der Waals surface area contributed by atoms with Crippen LogP contribution in [0.4, 0.5) is 10.3 Å². The third-order valence-corrected chi connectivity index (χ3v) is 6.86. The van der Waals surface area contributed by atoms with Crippen LogP contribution in [0.25, 0.3) is 10.2 Å². The number of nitrogens with one attached hydrogen (secondary N) is 1. The van der Waals surface area contributed by atoms with E-state index in [1.165, 1.54) is 23.0 Å². The maximum Gasteiger partial charge on any atom is 0.223 e. The van der Waals surface area contributed by atoms with E-state index in [4.69, 9.17) is 9.97 Å². The van der Waals surface area contributed by atoms with Crippen LogP contribution in [-0.2, 0) is 12.8 Å². The second-order valence-electron chi connectivity index (χ2n) is 8.36. The lowest BCUT2D eigenvalue weighted by molar-refractivity contribution is 0.126. The molecule has 2 N–H and O–H groups in total. The summed E-state index contributed by atoms with van der Waals surface area (Å²) in [7, 11) is 0. The third kappa shape index (κ3) is 4.95. The van der Waals surface area contributed by atoms with Crippen molar-refractivity contribution in [2.24, 2.45) is 0 Å². The summed E-state index contributed by atoms with van der Waals surface area (Å²) in [6.07, 6.45) is 4.44. The summed E-state index contributed by atoms with van der Waals surface area (Å²) in [6.45, 7) is 0. The first kappa shape index (κ1) is 21.0. The summed E-state index contributed by atoms with van der Waals surface area (Å²) in [5.74, 6) is 0.321. The molecule has 1 fully saturated rings. The van der Waals surface area contributed by atoms with Crippen LogP contribution in [0, 0.1) is 5.82 Å². The number of aliphatic hydroxyl groups is 1. The molecule has 1 saturated carbocycles. The van der Waals surface area contributed by atoms with Crippen LogP contribution in [0.2, 0.25) is 0 Å². The molecule has 0 radical (unpaired) electrons.